The smallest absolute Gasteiger partial charge is 0.335 e. The molecule has 104 valence electrons. The van der Waals surface area contributed by atoms with Gasteiger partial charge < -0.3 is 5.11 Å². The maximum Gasteiger partial charge on any atom is 0.335 e. The third-order valence-electron chi connectivity index (χ3n) is 3.63. The van der Waals surface area contributed by atoms with E-state index in [1.54, 1.807) is 18.3 Å². The number of rotatable bonds is 3. The Balaban J connectivity index is 1.79. The monoisotopic (exact) mass is 279 g/mol. The normalized spacial score (nSPS) is 13.7. The third kappa shape index (κ3) is 2.62. The van der Waals surface area contributed by atoms with Crippen molar-refractivity contribution in [3.63, 3.8) is 0 Å². The van der Waals surface area contributed by atoms with E-state index in [2.05, 4.69) is 16.0 Å². The van der Waals surface area contributed by atoms with Crippen LogP contribution in [-0.4, -0.2) is 21.0 Å². The first-order valence-electron chi connectivity index (χ1n) is 6.59. The highest BCUT2D eigenvalue weighted by Gasteiger charge is 2.21. The number of fused-ring (bicyclic) bond motifs is 1. The number of benzene rings is 1. The average Bonchev–Trinajstić information content (AvgIpc) is 2.89. The van der Waals surface area contributed by atoms with Gasteiger partial charge in [-0.1, -0.05) is 12.1 Å². The van der Waals surface area contributed by atoms with E-state index in [1.165, 1.54) is 0 Å². The predicted molar refractivity (Wildman–Crippen MR) is 75.3 cm³/mol. The van der Waals surface area contributed by atoms with Gasteiger partial charge in [0, 0.05) is 31.4 Å². The highest BCUT2D eigenvalue weighted by Crippen LogP contribution is 2.25. The van der Waals surface area contributed by atoms with Gasteiger partial charge in [0.2, 0.25) is 0 Å². The number of aromatic nitrogens is 1. The number of nitrogens with zero attached hydrogens (tertiary/aromatic N) is 3. The van der Waals surface area contributed by atoms with Crippen molar-refractivity contribution >= 4 is 5.97 Å². The van der Waals surface area contributed by atoms with Crippen molar-refractivity contribution in [2.45, 2.75) is 19.6 Å². The van der Waals surface area contributed by atoms with Crippen LogP contribution < -0.4 is 0 Å². The summed E-state index contributed by atoms with van der Waals surface area (Å²) in [6, 6.07) is 11.1. The molecule has 5 heteroatoms. The van der Waals surface area contributed by atoms with Gasteiger partial charge in [0.25, 0.3) is 0 Å². The first-order valence-corrected chi connectivity index (χ1v) is 6.59. The lowest BCUT2D eigenvalue weighted by Gasteiger charge is -2.15. The van der Waals surface area contributed by atoms with E-state index in [0.717, 1.165) is 23.2 Å². The third-order valence-corrected chi connectivity index (χ3v) is 3.63. The fourth-order valence-electron chi connectivity index (χ4n) is 2.62. The zero-order valence-corrected chi connectivity index (χ0v) is 11.3. The number of carboxylic acid groups (broad SMARTS) is 1. The van der Waals surface area contributed by atoms with Gasteiger partial charge in [-0.2, -0.15) is 5.26 Å². The average molecular weight is 279 g/mol. The van der Waals surface area contributed by atoms with Crippen molar-refractivity contribution in [2.24, 2.45) is 0 Å². The molecule has 0 saturated heterocycles. The SMILES string of the molecule is N#Cc1ncccc1CN1Cc2ccc(C(=O)O)cc2C1. The van der Waals surface area contributed by atoms with Crippen LogP contribution in [0.2, 0.25) is 0 Å². The Labute approximate surface area is 122 Å². The Morgan fingerprint density at radius 1 is 1.33 bits per heavy atom. The molecule has 0 radical (unpaired) electrons. The van der Waals surface area contributed by atoms with E-state index in [1.807, 2.05) is 18.2 Å². The van der Waals surface area contributed by atoms with E-state index in [0.29, 0.717) is 24.3 Å². The van der Waals surface area contributed by atoms with Gasteiger partial charge in [-0.05, 0) is 29.3 Å². The number of carboxylic acids is 1. The Kier molecular flexibility index (Phi) is 3.38. The summed E-state index contributed by atoms with van der Waals surface area (Å²) < 4.78 is 0. The van der Waals surface area contributed by atoms with E-state index >= 15 is 0 Å². The van der Waals surface area contributed by atoms with Gasteiger partial charge in [-0.25, -0.2) is 9.78 Å². The van der Waals surface area contributed by atoms with Crippen LogP contribution in [0.1, 0.15) is 32.7 Å². The molecular formula is C16H13N3O2. The van der Waals surface area contributed by atoms with E-state index in [4.69, 9.17) is 10.4 Å². The minimum Gasteiger partial charge on any atom is -0.478 e. The zero-order chi connectivity index (χ0) is 14.8. The van der Waals surface area contributed by atoms with Crippen LogP contribution in [0, 0.1) is 11.3 Å². The second-order valence-corrected chi connectivity index (χ2v) is 5.06. The van der Waals surface area contributed by atoms with Crippen molar-refractivity contribution in [2.75, 3.05) is 0 Å². The van der Waals surface area contributed by atoms with Crippen LogP contribution in [-0.2, 0) is 19.6 Å². The van der Waals surface area contributed by atoms with Crippen LogP contribution in [0.15, 0.2) is 36.5 Å². The number of aromatic carboxylic acids is 1. The summed E-state index contributed by atoms with van der Waals surface area (Å²) in [6.07, 6.45) is 1.61. The zero-order valence-electron chi connectivity index (χ0n) is 11.3. The molecule has 0 atom stereocenters. The fraction of sp³-hybridized carbons (Fsp3) is 0.188. The molecule has 2 aromatic rings. The molecule has 1 N–H and O–H groups in total. The van der Waals surface area contributed by atoms with Crippen molar-refractivity contribution in [3.05, 3.63) is 64.5 Å². The second kappa shape index (κ2) is 5.35. The minimum atomic E-state index is -0.907. The molecule has 0 saturated carbocycles. The highest BCUT2D eigenvalue weighted by atomic mass is 16.4. The van der Waals surface area contributed by atoms with Crippen LogP contribution >= 0.6 is 0 Å². The standard InChI is InChI=1S/C16H13N3O2/c17-7-15-13(2-1-5-18-15)9-19-8-12-4-3-11(16(20)21)6-14(12)10-19/h1-6H,8-10H2,(H,20,21). The summed E-state index contributed by atoms with van der Waals surface area (Å²) in [4.78, 5) is 17.2. The molecular weight excluding hydrogens is 266 g/mol. The summed E-state index contributed by atoms with van der Waals surface area (Å²) in [7, 11) is 0. The highest BCUT2D eigenvalue weighted by molar-refractivity contribution is 5.87. The molecule has 3 rings (SSSR count). The molecule has 0 unspecified atom stereocenters. The second-order valence-electron chi connectivity index (χ2n) is 5.06. The fourth-order valence-corrected chi connectivity index (χ4v) is 2.62. The van der Waals surface area contributed by atoms with Gasteiger partial charge in [0.1, 0.15) is 11.8 Å². The lowest BCUT2D eigenvalue weighted by molar-refractivity contribution is 0.0696. The number of hydrogen-bond acceptors (Lipinski definition) is 4. The number of pyridine rings is 1. The molecule has 0 spiro atoms. The first kappa shape index (κ1) is 13.3. The van der Waals surface area contributed by atoms with Crippen LogP contribution in [0.3, 0.4) is 0 Å². The maximum atomic E-state index is 11.0. The summed E-state index contributed by atoms with van der Waals surface area (Å²) in [6.45, 7) is 2.08. The molecule has 2 heterocycles. The summed E-state index contributed by atoms with van der Waals surface area (Å²) >= 11 is 0. The minimum absolute atomic E-state index is 0.315. The van der Waals surface area contributed by atoms with Crippen molar-refractivity contribution in [3.8, 4) is 6.07 Å². The molecule has 5 nitrogen and oxygen atoms in total. The molecule has 0 bridgehead atoms. The Hall–Kier alpha value is -2.71. The van der Waals surface area contributed by atoms with Crippen LogP contribution in [0.5, 0.6) is 0 Å². The Morgan fingerprint density at radius 3 is 2.90 bits per heavy atom. The molecule has 0 aliphatic carbocycles. The predicted octanol–water partition coefficient (Wildman–Crippen LogP) is 2.17. The van der Waals surface area contributed by atoms with Crippen LogP contribution in [0.4, 0.5) is 0 Å². The van der Waals surface area contributed by atoms with Crippen molar-refractivity contribution < 1.29 is 9.90 Å². The van der Waals surface area contributed by atoms with E-state index < -0.39 is 5.97 Å². The number of hydrogen-bond donors (Lipinski definition) is 1. The molecule has 0 fully saturated rings. The van der Waals surface area contributed by atoms with Gasteiger partial charge in [0.15, 0.2) is 0 Å². The van der Waals surface area contributed by atoms with Gasteiger partial charge in [-0.15, -0.1) is 0 Å². The van der Waals surface area contributed by atoms with Crippen molar-refractivity contribution in [1.82, 2.24) is 9.88 Å². The number of nitriles is 1. The quantitative estimate of drug-likeness (QED) is 0.931. The number of carbonyl (C=O) groups is 1. The first-order chi connectivity index (χ1) is 10.2. The summed E-state index contributed by atoms with van der Waals surface area (Å²) in [5.41, 5.74) is 3.83. The van der Waals surface area contributed by atoms with Gasteiger partial charge in [-0.3, -0.25) is 4.90 Å². The molecule has 21 heavy (non-hydrogen) atoms. The van der Waals surface area contributed by atoms with Crippen molar-refractivity contribution in [1.29, 1.82) is 5.26 Å². The lowest BCUT2D eigenvalue weighted by Crippen LogP contribution is -2.16. The summed E-state index contributed by atoms with van der Waals surface area (Å²) in [5, 5.41) is 18.1. The topological polar surface area (TPSA) is 77.2 Å². The van der Waals surface area contributed by atoms with Gasteiger partial charge >= 0.3 is 5.97 Å². The lowest BCUT2D eigenvalue weighted by atomic mass is 10.1. The molecule has 1 aliphatic heterocycles. The molecule has 0 amide bonds. The largest absolute Gasteiger partial charge is 0.478 e. The van der Waals surface area contributed by atoms with Gasteiger partial charge in [0.05, 0.1) is 5.56 Å². The van der Waals surface area contributed by atoms with E-state index in [9.17, 15) is 4.79 Å². The Bertz CT molecular complexity index is 749. The molecule has 1 aromatic heterocycles. The summed E-state index contributed by atoms with van der Waals surface area (Å²) in [5.74, 6) is -0.907. The molecule has 1 aliphatic rings. The Morgan fingerprint density at radius 2 is 2.14 bits per heavy atom. The van der Waals surface area contributed by atoms with E-state index in [-0.39, 0.29) is 0 Å². The maximum absolute atomic E-state index is 11.0. The molecule has 1 aromatic carbocycles. The van der Waals surface area contributed by atoms with Crippen LogP contribution in [0.25, 0.3) is 0 Å².